The van der Waals surface area contributed by atoms with Crippen molar-refractivity contribution in [3.05, 3.63) is 59.1 Å². The van der Waals surface area contributed by atoms with E-state index >= 15 is 0 Å². The third-order valence-corrected chi connectivity index (χ3v) is 5.11. The molecule has 138 valence electrons. The normalized spacial score (nSPS) is 15.6. The number of rotatable bonds is 6. The zero-order valence-corrected chi connectivity index (χ0v) is 15.8. The molecule has 1 amide bonds. The van der Waals surface area contributed by atoms with Crippen LogP contribution in [0.5, 0.6) is 5.75 Å². The van der Waals surface area contributed by atoms with Crippen LogP contribution in [0.1, 0.15) is 18.4 Å². The predicted octanol–water partition coefficient (Wildman–Crippen LogP) is 4.24. The van der Waals surface area contributed by atoms with Gasteiger partial charge in [-0.05, 0) is 62.0 Å². The van der Waals surface area contributed by atoms with E-state index in [9.17, 15) is 4.79 Å². The summed E-state index contributed by atoms with van der Waals surface area (Å²) >= 11 is 6.01. The van der Waals surface area contributed by atoms with Crippen molar-refractivity contribution in [1.82, 2.24) is 4.90 Å². The first-order valence-corrected chi connectivity index (χ1v) is 9.41. The SMILES string of the molecule is COc1ccc(Cl)cc1NC(=O)CN1CCC(Cc2ccccc2)CC1. The molecule has 26 heavy (non-hydrogen) atoms. The van der Waals surface area contributed by atoms with E-state index in [-0.39, 0.29) is 5.91 Å². The minimum atomic E-state index is -0.0351. The van der Waals surface area contributed by atoms with E-state index in [1.165, 1.54) is 5.56 Å². The van der Waals surface area contributed by atoms with Crippen molar-refractivity contribution in [3.8, 4) is 5.75 Å². The van der Waals surface area contributed by atoms with Crippen LogP contribution >= 0.6 is 11.6 Å². The van der Waals surface area contributed by atoms with Crippen LogP contribution in [0.15, 0.2) is 48.5 Å². The fourth-order valence-electron chi connectivity index (χ4n) is 3.47. The maximum atomic E-state index is 12.4. The Morgan fingerprint density at radius 2 is 1.92 bits per heavy atom. The number of anilines is 1. The van der Waals surface area contributed by atoms with Crippen LogP contribution in [-0.2, 0) is 11.2 Å². The molecule has 0 aliphatic carbocycles. The third kappa shape index (κ3) is 5.23. The maximum absolute atomic E-state index is 12.4. The van der Waals surface area contributed by atoms with Gasteiger partial charge in [0.2, 0.25) is 5.91 Å². The topological polar surface area (TPSA) is 41.6 Å². The Hall–Kier alpha value is -2.04. The number of hydrogen-bond acceptors (Lipinski definition) is 3. The van der Waals surface area contributed by atoms with Gasteiger partial charge in [0.25, 0.3) is 0 Å². The smallest absolute Gasteiger partial charge is 0.238 e. The van der Waals surface area contributed by atoms with Gasteiger partial charge in [-0.1, -0.05) is 41.9 Å². The van der Waals surface area contributed by atoms with E-state index in [1.807, 2.05) is 0 Å². The van der Waals surface area contributed by atoms with Gasteiger partial charge in [-0.3, -0.25) is 9.69 Å². The molecule has 1 saturated heterocycles. The summed E-state index contributed by atoms with van der Waals surface area (Å²) in [4.78, 5) is 14.6. The van der Waals surface area contributed by atoms with Crippen LogP contribution in [0, 0.1) is 5.92 Å². The van der Waals surface area contributed by atoms with Gasteiger partial charge in [0, 0.05) is 5.02 Å². The number of nitrogens with one attached hydrogen (secondary N) is 1. The molecule has 2 aromatic carbocycles. The van der Waals surface area contributed by atoms with E-state index in [4.69, 9.17) is 16.3 Å². The summed E-state index contributed by atoms with van der Waals surface area (Å²) in [5.41, 5.74) is 2.01. The molecular formula is C21H25ClN2O2. The number of likely N-dealkylation sites (tertiary alicyclic amines) is 1. The number of halogens is 1. The molecule has 1 fully saturated rings. The van der Waals surface area contributed by atoms with Crippen LogP contribution in [0.25, 0.3) is 0 Å². The highest BCUT2D eigenvalue weighted by Gasteiger charge is 2.21. The zero-order chi connectivity index (χ0) is 18.4. The number of ether oxygens (including phenoxy) is 1. The first kappa shape index (κ1) is 18.7. The molecule has 0 unspecified atom stereocenters. The predicted molar refractivity (Wildman–Crippen MR) is 106 cm³/mol. The van der Waals surface area contributed by atoms with E-state index in [1.54, 1.807) is 25.3 Å². The largest absolute Gasteiger partial charge is 0.495 e. The second-order valence-corrected chi connectivity index (χ2v) is 7.24. The molecule has 2 aromatic rings. The second kappa shape index (κ2) is 9.06. The average molecular weight is 373 g/mol. The van der Waals surface area contributed by atoms with Gasteiger partial charge in [0.05, 0.1) is 19.3 Å². The van der Waals surface area contributed by atoms with Crippen LogP contribution < -0.4 is 10.1 Å². The molecule has 0 aromatic heterocycles. The van der Waals surface area contributed by atoms with E-state index in [0.29, 0.717) is 28.9 Å². The van der Waals surface area contributed by atoms with Crippen LogP contribution in [-0.4, -0.2) is 37.6 Å². The monoisotopic (exact) mass is 372 g/mol. The van der Waals surface area contributed by atoms with Gasteiger partial charge in [-0.2, -0.15) is 0 Å². The van der Waals surface area contributed by atoms with Gasteiger partial charge >= 0.3 is 0 Å². The van der Waals surface area contributed by atoms with Gasteiger partial charge in [0.15, 0.2) is 0 Å². The van der Waals surface area contributed by atoms with Crippen LogP contribution in [0.3, 0.4) is 0 Å². The van der Waals surface area contributed by atoms with Crippen molar-refractivity contribution in [2.24, 2.45) is 5.92 Å². The number of methoxy groups -OCH3 is 1. The second-order valence-electron chi connectivity index (χ2n) is 6.80. The number of piperidine rings is 1. The number of hydrogen-bond donors (Lipinski definition) is 1. The average Bonchev–Trinajstić information content (AvgIpc) is 2.64. The molecule has 1 aliphatic heterocycles. The summed E-state index contributed by atoms with van der Waals surface area (Å²) in [5, 5.41) is 3.48. The number of benzene rings is 2. The van der Waals surface area contributed by atoms with E-state index in [0.717, 1.165) is 32.4 Å². The Bertz CT molecular complexity index is 728. The summed E-state index contributed by atoms with van der Waals surface area (Å²) in [6.45, 7) is 2.31. The molecule has 1 aliphatic rings. The molecule has 1 N–H and O–H groups in total. The molecular weight excluding hydrogens is 348 g/mol. The fraction of sp³-hybridized carbons (Fsp3) is 0.381. The highest BCUT2D eigenvalue weighted by atomic mass is 35.5. The van der Waals surface area contributed by atoms with E-state index in [2.05, 4.69) is 40.5 Å². The Morgan fingerprint density at radius 3 is 2.62 bits per heavy atom. The van der Waals surface area contributed by atoms with Crippen molar-refractivity contribution in [2.75, 3.05) is 32.1 Å². The van der Waals surface area contributed by atoms with Gasteiger partial charge < -0.3 is 10.1 Å². The molecule has 0 saturated carbocycles. The lowest BCUT2D eigenvalue weighted by molar-refractivity contribution is -0.117. The Kier molecular flexibility index (Phi) is 6.53. The molecule has 0 bridgehead atoms. The minimum absolute atomic E-state index is 0.0351. The highest BCUT2D eigenvalue weighted by Crippen LogP contribution is 2.28. The lowest BCUT2D eigenvalue weighted by Gasteiger charge is -2.31. The van der Waals surface area contributed by atoms with Gasteiger partial charge in [-0.25, -0.2) is 0 Å². The maximum Gasteiger partial charge on any atom is 0.238 e. The number of carbonyl (C=O) groups excluding carboxylic acids is 1. The molecule has 4 nitrogen and oxygen atoms in total. The number of amides is 1. The molecule has 3 rings (SSSR count). The van der Waals surface area contributed by atoms with Gasteiger partial charge in [0.1, 0.15) is 5.75 Å². The van der Waals surface area contributed by atoms with Crippen molar-refractivity contribution >= 4 is 23.2 Å². The van der Waals surface area contributed by atoms with Crippen molar-refractivity contribution in [2.45, 2.75) is 19.3 Å². The summed E-state index contributed by atoms with van der Waals surface area (Å²) in [5.74, 6) is 1.28. The van der Waals surface area contributed by atoms with Gasteiger partial charge in [-0.15, -0.1) is 0 Å². The quantitative estimate of drug-likeness (QED) is 0.824. The molecule has 1 heterocycles. The highest BCUT2D eigenvalue weighted by molar-refractivity contribution is 6.31. The lowest BCUT2D eigenvalue weighted by atomic mass is 9.90. The van der Waals surface area contributed by atoms with E-state index < -0.39 is 0 Å². The van der Waals surface area contributed by atoms with Crippen molar-refractivity contribution in [3.63, 3.8) is 0 Å². The Morgan fingerprint density at radius 1 is 1.19 bits per heavy atom. The molecule has 0 atom stereocenters. The van der Waals surface area contributed by atoms with Crippen LogP contribution in [0.2, 0.25) is 5.02 Å². The number of nitrogens with zero attached hydrogens (tertiary/aromatic N) is 1. The molecule has 0 spiro atoms. The van der Waals surface area contributed by atoms with Crippen LogP contribution in [0.4, 0.5) is 5.69 Å². The summed E-state index contributed by atoms with van der Waals surface area (Å²) in [6.07, 6.45) is 3.38. The lowest BCUT2D eigenvalue weighted by Crippen LogP contribution is -2.39. The Labute approximate surface area is 160 Å². The third-order valence-electron chi connectivity index (χ3n) is 4.88. The molecule has 5 heteroatoms. The summed E-state index contributed by atoms with van der Waals surface area (Å²) in [6, 6.07) is 15.8. The summed E-state index contributed by atoms with van der Waals surface area (Å²) < 4.78 is 5.27. The number of carbonyl (C=O) groups is 1. The zero-order valence-electron chi connectivity index (χ0n) is 15.1. The summed E-state index contributed by atoms with van der Waals surface area (Å²) in [7, 11) is 1.58. The minimum Gasteiger partial charge on any atom is -0.495 e. The Balaban J connectivity index is 1.47. The molecule has 0 radical (unpaired) electrons. The first-order valence-electron chi connectivity index (χ1n) is 9.03. The van der Waals surface area contributed by atoms with Crippen molar-refractivity contribution in [1.29, 1.82) is 0 Å². The standard InChI is InChI=1S/C21H25ClN2O2/c1-26-20-8-7-18(22)14-19(20)23-21(25)15-24-11-9-17(10-12-24)13-16-5-3-2-4-6-16/h2-8,14,17H,9-13,15H2,1H3,(H,23,25). The first-order chi connectivity index (χ1) is 12.6. The van der Waals surface area contributed by atoms with Crippen molar-refractivity contribution < 1.29 is 9.53 Å². The fourth-order valence-corrected chi connectivity index (χ4v) is 3.64.